The lowest BCUT2D eigenvalue weighted by Gasteiger charge is -2.14. The van der Waals surface area contributed by atoms with Gasteiger partial charge in [-0.15, -0.1) is 0 Å². The molecule has 0 heterocycles. The van der Waals surface area contributed by atoms with Gasteiger partial charge in [0.05, 0.1) is 17.5 Å². The van der Waals surface area contributed by atoms with E-state index in [-0.39, 0.29) is 23.3 Å². The molecule has 0 radical (unpaired) electrons. The van der Waals surface area contributed by atoms with Crippen molar-refractivity contribution in [2.45, 2.75) is 26.7 Å². The van der Waals surface area contributed by atoms with Crippen LogP contribution in [0.25, 0.3) is 0 Å². The van der Waals surface area contributed by atoms with E-state index in [1.165, 1.54) is 0 Å². The van der Waals surface area contributed by atoms with Gasteiger partial charge in [0.1, 0.15) is 0 Å². The van der Waals surface area contributed by atoms with E-state index >= 15 is 0 Å². The van der Waals surface area contributed by atoms with Crippen molar-refractivity contribution in [2.75, 3.05) is 13.1 Å². The third kappa shape index (κ3) is 5.65. The Kier molecular flexibility index (Phi) is 7.45. The number of carbonyl (C=O) groups is 2. The summed E-state index contributed by atoms with van der Waals surface area (Å²) >= 11 is 4.81. The van der Waals surface area contributed by atoms with E-state index in [9.17, 15) is 9.59 Å². The molecule has 1 unspecified atom stereocenters. The molecule has 1 atom stereocenters. The van der Waals surface area contributed by atoms with Gasteiger partial charge in [0.15, 0.2) is 0 Å². The highest BCUT2D eigenvalue weighted by Crippen LogP contribution is 2.06. The topological polar surface area (TPSA) is 84.2 Å². The van der Waals surface area contributed by atoms with Crippen LogP contribution in [-0.4, -0.2) is 29.9 Å². The molecule has 0 aliphatic heterocycles. The van der Waals surface area contributed by atoms with Crippen LogP contribution in [0.4, 0.5) is 0 Å². The van der Waals surface area contributed by atoms with E-state index in [0.717, 1.165) is 6.42 Å². The molecular formula is C10H19N3O2S. The summed E-state index contributed by atoms with van der Waals surface area (Å²) in [6, 6.07) is 0. The molecule has 0 rings (SSSR count). The van der Waals surface area contributed by atoms with Gasteiger partial charge in [-0.3, -0.25) is 9.59 Å². The first-order valence-corrected chi connectivity index (χ1v) is 5.77. The van der Waals surface area contributed by atoms with Crippen LogP contribution in [-0.2, 0) is 9.59 Å². The predicted molar refractivity (Wildman–Crippen MR) is 66.9 cm³/mol. The molecule has 16 heavy (non-hydrogen) atoms. The van der Waals surface area contributed by atoms with Crippen LogP contribution in [0.15, 0.2) is 0 Å². The molecule has 0 fully saturated rings. The number of hydrogen-bond donors (Lipinski definition) is 3. The van der Waals surface area contributed by atoms with Crippen LogP contribution in [0, 0.1) is 5.92 Å². The molecule has 6 heteroatoms. The van der Waals surface area contributed by atoms with Crippen molar-refractivity contribution in [2.24, 2.45) is 11.7 Å². The van der Waals surface area contributed by atoms with E-state index < -0.39 is 5.92 Å². The highest BCUT2D eigenvalue weighted by molar-refractivity contribution is 7.80. The van der Waals surface area contributed by atoms with Gasteiger partial charge in [0, 0.05) is 6.54 Å². The Bertz CT molecular complexity index is 269. The quantitative estimate of drug-likeness (QED) is 0.549. The van der Waals surface area contributed by atoms with Crippen LogP contribution in [0.1, 0.15) is 26.7 Å². The number of rotatable bonds is 7. The first-order chi connectivity index (χ1) is 7.52. The Hall–Kier alpha value is -1.17. The van der Waals surface area contributed by atoms with Crippen molar-refractivity contribution in [1.82, 2.24) is 10.6 Å². The Morgan fingerprint density at radius 2 is 1.94 bits per heavy atom. The van der Waals surface area contributed by atoms with Gasteiger partial charge in [0.25, 0.3) is 0 Å². The molecule has 0 aliphatic carbocycles. The maximum atomic E-state index is 11.6. The van der Waals surface area contributed by atoms with E-state index in [2.05, 4.69) is 10.6 Å². The van der Waals surface area contributed by atoms with Gasteiger partial charge in [-0.2, -0.15) is 0 Å². The first kappa shape index (κ1) is 14.8. The predicted octanol–water partition coefficient (Wildman–Crippen LogP) is -0.0589. The van der Waals surface area contributed by atoms with Crippen LogP contribution in [0.3, 0.4) is 0 Å². The van der Waals surface area contributed by atoms with Gasteiger partial charge in [-0.1, -0.05) is 25.6 Å². The van der Waals surface area contributed by atoms with Crippen LogP contribution >= 0.6 is 12.2 Å². The molecule has 2 amide bonds. The first-order valence-electron chi connectivity index (χ1n) is 5.36. The summed E-state index contributed by atoms with van der Waals surface area (Å²) in [7, 11) is 0. The highest BCUT2D eigenvalue weighted by Gasteiger charge is 2.20. The van der Waals surface area contributed by atoms with Crippen molar-refractivity contribution in [3.8, 4) is 0 Å². The van der Waals surface area contributed by atoms with Gasteiger partial charge in [-0.05, 0) is 13.3 Å². The van der Waals surface area contributed by atoms with Gasteiger partial charge in [0.2, 0.25) is 11.8 Å². The minimum Gasteiger partial charge on any atom is -0.393 e. The molecule has 0 saturated carbocycles. The number of amides is 2. The number of thiocarbonyl (C=S) groups is 1. The zero-order chi connectivity index (χ0) is 12.6. The summed E-state index contributed by atoms with van der Waals surface area (Å²) < 4.78 is 0. The maximum Gasteiger partial charge on any atom is 0.239 e. The van der Waals surface area contributed by atoms with E-state index in [0.29, 0.717) is 13.0 Å². The summed E-state index contributed by atoms with van der Waals surface area (Å²) in [5.74, 6) is -0.968. The largest absolute Gasteiger partial charge is 0.393 e. The molecule has 5 nitrogen and oxygen atoms in total. The van der Waals surface area contributed by atoms with Crippen molar-refractivity contribution in [1.29, 1.82) is 0 Å². The monoisotopic (exact) mass is 245 g/mol. The van der Waals surface area contributed by atoms with Crippen molar-refractivity contribution < 1.29 is 9.59 Å². The second-order valence-corrected chi connectivity index (χ2v) is 3.89. The Morgan fingerprint density at radius 3 is 2.38 bits per heavy atom. The lowest BCUT2D eigenvalue weighted by Crippen LogP contribution is -2.42. The molecule has 0 bridgehead atoms. The SMILES string of the molecule is CCCC(C(=O)NCC(=O)NCC)C(N)=S. The standard InChI is InChI=1S/C10H19N3O2S/c1-3-5-7(9(11)16)10(15)13-6-8(14)12-4-2/h7H,3-6H2,1-2H3,(H2,11,16)(H,12,14)(H,13,15). The average Bonchev–Trinajstić information content (AvgIpc) is 2.22. The van der Waals surface area contributed by atoms with Gasteiger partial charge in [-0.25, -0.2) is 0 Å². The van der Waals surface area contributed by atoms with Crippen molar-refractivity contribution in [3.63, 3.8) is 0 Å². The number of hydrogen-bond acceptors (Lipinski definition) is 3. The van der Waals surface area contributed by atoms with E-state index in [4.69, 9.17) is 18.0 Å². The molecule has 0 spiro atoms. The van der Waals surface area contributed by atoms with Gasteiger partial charge >= 0.3 is 0 Å². The maximum absolute atomic E-state index is 11.6. The van der Waals surface area contributed by atoms with Crippen LogP contribution in [0.5, 0.6) is 0 Å². The zero-order valence-corrected chi connectivity index (χ0v) is 10.5. The van der Waals surface area contributed by atoms with Crippen LogP contribution < -0.4 is 16.4 Å². The summed E-state index contributed by atoms with van der Waals surface area (Å²) in [6.45, 7) is 4.27. The molecule has 4 N–H and O–H groups in total. The fraction of sp³-hybridized carbons (Fsp3) is 0.700. The number of likely N-dealkylation sites (N-methyl/N-ethyl adjacent to an activating group) is 1. The zero-order valence-electron chi connectivity index (χ0n) is 9.71. The fourth-order valence-electron chi connectivity index (χ4n) is 1.24. The summed E-state index contributed by atoms with van der Waals surface area (Å²) in [5, 5.41) is 5.10. The molecule has 0 aromatic heterocycles. The third-order valence-corrected chi connectivity index (χ3v) is 2.32. The second-order valence-electron chi connectivity index (χ2n) is 3.41. The number of carbonyl (C=O) groups excluding carboxylic acids is 2. The smallest absolute Gasteiger partial charge is 0.239 e. The normalized spacial score (nSPS) is 11.6. The second kappa shape index (κ2) is 8.04. The minimum absolute atomic E-state index is 0.0322. The molecule has 0 aromatic rings. The Labute approximate surface area is 101 Å². The van der Waals surface area contributed by atoms with E-state index in [1.54, 1.807) is 0 Å². The molecule has 92 valence electrons. The van der Waals surface area contributed by atoms with E-state index in [1.807, 2.05) is 13.8 Å². The lowest BCUT2D eigenvalue weighted by molar-refractivity contribution is -0.127. The summed E-state index contributed by atoms with van der Waals surface area (Å²) in [6.07, 6.45) is 1.42. The number of nitrogens with one attached hydrogen (secondary N) is 2. The van der Waals surface area contributed by atoms with Gasteiger partial charge < -0.3 is 16.4 Å². The molecular weight excluding hydrogens is 226 g/mol. The Balaban J connectivity index is 4.11. The summed E-state index contributed by atoms with van der Waals surface area (Å²) in [4.78, 5) is 22.9. The number of nitrogens with two attached hydrogens (primary N) is 1. The van der Waals surface area contributed by atoms with Crippen LogP contribution in [0.2, 0.25) is 0 Å². The molecule has 0 saturated heterocycles. The Morgan fingerprint density at radius 1 is 1.31 bits per heavy atom. The highest BCUT2D eigenvalue weighted by atomic mass is 32.1. The molecule has 0 aromatic carbocycles. The minimum atomic E-state index is -0.477. The fourth-order valence-corrected chi connectivity index (χ4v) is 1.47. The molecule has 0 aliphatic rings. The van der Waals surface area contributed by atoms with Crippen molar-refractivity contribution >= 4 is 29.0 Å². The summed E-state index contributed by atoms with van der Waals surface area (Å²) in [5.41, 5.74) is 5.46. The van der Waals surface area contributed by atoms with Crippen molar-refractivity contribution in [3.05, 3.63) is 0 Å². The average molecular weight is 245 g/mol. The third-order valence-electron chi connectivity index (χ3n) is 2.03. The lowest BCUT2D eigenvalue weighted by atomic mass is 10.0.